The van der Waals surface area contributed by atoms with E-state index in [0.717, 1.165) is 55.0 Å². The van der Waals surface area contributed by atoms with Crippen LogP contribution < -0.4 is 5.01 Å². The number of hydrazone groups is 1. The van der Waals surface area contributed by atoms with Gasteiger partial charge in [0.05, 0.1) is 29.7 Å². The second-order valence-corrected chi connectivity index (χ2v) is 11.5. The van der Waals surface area contributed by atoms with E-state index >= 15 is 0 Å². The number of likely N-dealkylation sites (tertiary alicyclic amines) is 1. The Kier molecular flexibility index (Phi) is 6.42. The zero-order valence-electron chi connectivity index (χ0n) is 21.5. The number of halogens is 1. The second-order valence-electron chi connectivity index (χ2n) is 11.1. The lowest BCUT2D eigenvalue weighted by Gasteiger charge is -2.34. The van der Waals surface area contributed by atoms with Crippen molar-refractivity contribution in [3.05, 3.63) is 63.7 Å². The number of benzene rings is 1. The van der Waals surface area contributed by atoms with Crippen LogP contribution >= 0.6 is 11.6 Å². The zero-order chi connectivity index (χ0) is 25.7. The van der Waals surface area contributed by atoms with Gasteiger partial charge < -0.3 is 9.80 Å². The molecule has 2 fully saturated rings. The number of hydrogen-bond donors (Lipinski definition) is 0. The van der Waals surface area contributed by atoms with Gasteiger partial charge in [0, 0.05) is 36.1 Å². The highest BCUT2D eigenvalue weighted by Crippen LogP contribution is 2.45. The van der Waals surface area contributed by atoms with E-state index in [4.69, 9.17) is 28.3 Å². The molecule has 0 bridgehead atoms. The van der Waals surface area contributed by atoms with Crippen LogP contribution in [0.25, 0.3) is 4.85 Å². The van der Waals surface area contributed by atoms with Gasteiger partial charge in [-0.2, -0.15) is 5.10 Å². The Morgan fingerprint density at radius 2 is 1.97 bits per heavy atom. The van der Waals surface area contributed by atoms with Crippen molar-refractivity contribution in [1.29, 1.82) is 0 Å². The smallest absolute Gasteiger partial charge is 0.272 e. The number of carbonyl (C=O) groups is 1. The van der Waals surface area contributed by atoms with Crippen LogP contribution in [0.4, 0.5) is 11.4 Å². The van der Waals surface area contributed by atoms with E-state index in [1.54, 1.807) is 6.07 Å². The summed E-state index contributed by atoms with van der Waals surface area (Å²) in [5.41, 5.74) is 5.07. The summed E-state index contributed by atoms with van der Waals surface area (Å²) in [4.78, 5) is 25.8. The number of nitrogens with zero attached hydrogens (tertiary/aromatic N) is 6. The SMILES string of the molecule is [C-]#[N+]c1ccc(N2N=C3c4ccc(C(=O)N(C)C5CCN(C)C5)nc4CCC3C2C2CCCC2)cc1Cl. The molecule has 3 heterocycles. The van der Waals surface area contributed by atoms with Gasteiger partial charge in [0.25, 0.3) is 5.91 Å². The van der Waals surface area contributed by atoms with Crippen LogP contribution in [-0.2, 0) is 6.42 Å². The number of anilines is 1. The Balaban J connectivity index is 1.32. The number of aryl methyl sites for hydroxylation is 1. The van der Waals surface area contributed by atoms with Crippen molar-refractivity contribution >= 4 is 34.6 Å². The van der Waals surface area contributed by atoms with Crippen LogP contribution in [0.15, 0.2) is 35.4 Å². The normalized spacial score (nSPS) is 25.5. The number of pyridine rings is 1. The Hall–Kier alpha value is -2.95. The van der Waals surface area contributed by atoms with Crippen LogP contribution in [0, 0.1) is 18.4 Å². The van der Waals surface area contributed by atoms with Crippen molar-refractivity contribution in [1.82, 2.24) is 14.8 Å². The topological polar surface area (TPSA) is 56.4 Å². The summed E-state index contributed by atoms with van der Waals surface area (Å²) in [7, 11) is 4.00. The lowest BCUT2D eigenvalue weighted by Crippen LogP contribution is -2.41. The van der Waals surface area contributed by atoms with E-state index < -0.39 is 0 Å². The molecule has 0 radical (unpaired) electrons. The molecular weight excluding hydrogens is 484 g/mol. The number of hydrogen-bond acceptors (Lipinski definition) is 5. The van der Waals surface area contributed by atoms with E-state index in [1.165, 1.54) is 25.7 Å². The van der Waals surface area contributed by atoms with Crippen LogP contribution in [-0.4, -0.2) is 65.7 Å². The number of fused-ring (bicyclic) bond motifs is 3. The lowest BCUT2D eigenvalue weighted by molar-refractivity contribution is 0.0731. The number of amides is 1. The Morgan fingerprint density at radius 3 is 2.68 bits per heavy atom. The molecule has 8 heteroatoms. The summed E-state index contributed by atoms with van der Waals surface area (Å²) in [5, 5.41) is 7.84. The van der Waals surface area contributed by atoms with E-state index in [9.17, 15) is 4.79 Å². The van der Waals surface area contributed by atoms with Gasteiger partial charge in [-0.05, 0) is 75.9 Å². The molecule has 4 aliphatic rings. The van der Waals surface area contributed by atoms with E-state index in [1.807, 2.05) is 30.1 Å². The van der Waals surface area contributed by atoms with Crippen LogP contribution in [0.2, 0.25) is 5.02 Å². The number of likely N-dealkylation sites (N-methyl/N-ethyl adjacent to an activating group) is 2. The summed E-state index contributed by atoms with van der Waals surface area (Å²) in [5.74, 6) is 0.910. The maximum atomic E-state index is 13.3. The molecule has 2 aliphatic carbocycles. The molecular formula is C29H33ClN6O. The van der Waals surface area contributed by atoms with Crippen LogP contribution in [0.1, 0.15) is 60.3 Å². The molecule has 3 unspecified atom stereocenters. The first-order valence-electron chi connectivity index (χ1n) is 13.5. The fourth-order valence-corrected chi connectivity index (χ4v) is 7.06. The largest absolute Gasteiger partial charge is 0.336 e. The minimum absolute atomic E-state index is 0.00131. The molecule has 6 rings (SSSR count). The predicted octanol–water partition coefficient (Wildman–Crippen LogP) is 5.41. The Morgan fingerprint density at radius 1 is 1.16 bits per heavy atom. The summed E-state index contributed by atoms with van der Waals surface area (Å²) < 4.78 is 0. The minimum atomic E-state index is -0.00131. The number of aromatic nitrogens is 1. The highest BCUT2D eigenvalue weighted by molar-refractivity contribution is 6.33. The highest BCUT2D eigenvalue weighted by Gasteiger charge is 2.46. The molecule has 0 N–H and O–H groups in total. The molecule has 3 atom stereocenters. The molecule has 1 saturated heterocycles. The van der Waals surface area contributed by atoms with Gasteiger partial charge in [-0.3, -0.25) is 9.80 Å². The van der Waals surface area contributed by atoms with Gasteiger partial charge in [-0.15, -0.1) is 0 Å². The molecule has 1 aromatic carbocycles. The van der Waals surface area contributed by atoms with Gasteiger partial charge in [-0.25, -0.2) is 9.83 Å². The summed E-state index contributed by atoms with van der Waals surface area (Å²) in [6, 6.07) is 10.1. The predicted molar refractivity (Wildman–Crippen MR) is 147 cm³/mol. The third-order valence-electron chi connectivity index (χ3n) is 8.86. The standard InChI is InChI=1S/C29H33ClN6O/c1-31-25-11-8-19(16-23(25)30)36-28(18-6-4-5-7-18)22-10-12-24-21(27(22)33-36)9-13-26(32-24)29(37)35(3)20-14-15-34(2)17-20/h8-9,11,13,16,18,20,22,28H,4-7,10,12,14-15,17H2,2-3H3. The first-order chi connectivity index (χ1) is 17.9. The van der Waals surface area contributed by atoms with Gasteiger partial charge in [0.2, 0.25) is 5.69 Å². The molecule has 1 saturated carbocycles. The summed E-state index contributed by atoms with van der Waals surface area (Å²) >= 11 is 6.44. The quantitative estimate of drug-likeness (QED) is 0.510. The van der Waals surface area contributed by atoms with Crippen LogP contribution in [0.3, 0.4) is 0 Å². The summed E-state index contributed by atoms with van der Waals surface area (Å²) in [6.45, 7) is 9.27. The molecule has 192 valence electrons. The molecule has 1 amide bonds. The Bertz CT molecular complexity index is 1300. The molecule has 1 aromatic heterocycles. The van der Waals surface area contributed by atoms with E-state index in [0.29, 0.717) is 28.2 Å². The van der Waals surface area contributed by atoms with Gasteiger partial charge >= 0.3 is 0 Å². The zero-order valence-corrected chi connectivity index (χ0v) is 22.3. The minimum Gasteiger partial charge on any atom is -0.336 e. The van der Waals surface area contributed by atoms with Gasteiger partial charge in [0.1, 0.15) is 5.69 Å². The molecule has 2 aromatic rings. The molecule has 2 aliphatic heterocycles. The molecule has 0 spiro atoms. The number of carbonyl (C=O) groups excluding carboxylic acids is 1. The van der Waals surface area contributed by atoms with Crippen molar-refractivity contribution in [2.75, 3.05) is 32.2 Å². The van der Waals surface area contributed by atoms with Crippen molar-refractivity contribution in [3.63, 3.8) is 0 Å². The van der Waals surface area contributed by atoms with Gasteiger partial charge in [0.15, 0.2) is 0 Å². The molecule has 37 heavy (non-hydrogen) atoms. The third-order valence-corrected chi connectivity index (χ3v) is 9.16. The van der Waals surface area contributed by atoms with Crippen molar-refractivity contribution in [2.24, 2.45) is 16.9 Å². The van der Waals surface area contributed by atoms with E-state index in [-0.39, 0.29) is 18.0 Å². The Labute approximate surface area is 223 Å². The van der Waals surface area contributed by atoms with Gasteiger partial charge in [-0.1, -0.05) is 30.5 Å². The maximum Gasteiger partial charge on any atom is 0.272 e. The van der Waals surface area contributed by atoms with Crippen molar-refractivity contribution in [2.45, 2.75) is 57.0 Å². The first kappa shape index (κ1) is 24.4. The maximum absolute atomic E-state index is 13.3. The van der Waals surface area contributed by atoms with Crippen LogP contribution in [0.5, 0.6) is 0 Å². The average molecular weight is 517 g/mol. The average Bonchev–Trinajstić information content (AvgIpc) is 3.67. The first-order valence-corrected chi connectivity index (χ1v) is 13.8. The lowest BCUT2D eigenvalue weighted by atomic mass is 9.76. The monoisotopic (exact) mass is 516 g/mol. The molecule has 7 nitrogen and oxygen atoms in total. The third kappa shape index (κ3) is 4.30. The summed E-state index contributed by atoms with van der Waals surface area (Å²) in [6.07, 6.45) is 7.80. The van der Waals surface area contributed by atoms with E-state index in [2.05, 4.69) is 27.9 Å². The highest BCUT2D eigenvalue weighted by atomic mass is 35.5. The van der Waals surface area contributed by atoms with Crippen molar-refractivity contribution < 1.29 is 4.79 Å². The fourth-order valence-electron chi connectivity index (χ4n) is 6.85. The van der Waals surface area contributed by atoms with Crippen molar-refractivity contribution in [3.8, 4) is 0 Å². The fraction of sp³-hybridized carbons (Fsp3) is 0.517. The second kappa shape index (κ2) is 9.74. The number of rotatable bonds is 4.